The molecule has 6 nitrogen and oxygen atoms in total. The standard InChI is InChI=1S/C16H22N2O4/c1-9(2)13(15(20)17-11(4)16(21)22)18-14(19)12-8-6-5-7-10(12)3/h5-9,11,13H,1-4H3,(H,17,20)(H,18,19)(H,21,22)/t11-,13?/m0/s1. The van der Waals surface area contributed by atoms with Crippen LogP contribution in [0.4, 0.5) is 0 Å². The van der Waals surface area contributed by atoms with E-state index in [0.717, 1.165) is 5.56 Å². The van der Waals surface area contributed by atoms with Gasteiger partial charge in [-0.3, -0.25) is 14.4 Å². The third kappa shape index (κ3) is 4.58. The Balaban J connectivity index is 2.84. The average molecular weight is 306 g/mol. The fraction of sp³-hybridized carbons (Fsp3) is 0.438. The number of carboxylic acid groups (broad SMARTS) is 1. The molecule has 1 rings (SSSR count). The number of amides is 2. The Kier molecular flexibility index (Phi) is 6.10. The van der Waals surface area contributed by atoms with Crippen LogP contribution in [0.1, 0.15) is 36.7 Å². The Labute approximate surface area is 129 Å². The molecule has 0 spiro atoms. The van der Waals surface area contributed by atoms with Crippen molar-refractivity contribution in [2.24, 2.45) is 5.92 Å². The molecule has 2 atom stereocenters. The summed E-state index contributed by atoms with van der Waals surface area (Å²) in [5.41, 5.74) is 1.30. The van der Waals surface area contributed by atoms with E-state index >= 15 is 0 Å². The molecule has 0 aliphatic rings. The molecule has 3 N–H and O–H groups in total. The van der Waals surface area contributed by atoms with E-state index in [1.165, 1.54) is 6.92 Å². The Hall–Kier alpha value is -2.37. The Bertz CT molecular complexity index is 569. The van der Waals surface area contributed by atoms with Crippen LogP contribution >= 0.6 is 0 Å². The molecule has 0 bridgehead atoms. The highest BCUT2D eigenvalue weighted by atomic mass is 16.4. The van der Waals surface area contributed by atoms with Crippen LogP contribution in [0.3, 0.4) is 0 Å². The van der Waals surface area contributed by atoms with Crippen LogP contribution in [-0.4, -0.2) is 35.0 Å². The second kappa shape index (κ2) is 7.59. The van der Waals surface area contributed by atoms with E-state index in [1.54, 1.807) is 26.0 Å². The molecule has 1 aromatic carbocycles. The lowest BCUT2D eigenvalue weighted by Crippen LogP contribution is -2.53. The average Bonchev–Trinajstić information content (AvgIpc) is 2.44. The van der Waals surface area contributed by atoms with Gasteiger partial charge in [-0.2, -0.15) is 0 Å². The SMILES string of the molecule is Cc1ccccc1C(=O)NC(C(=O)N[C@@H](C)C(=O)O)C(C)C. The maximum atomic E-state index is 12.3. The zero-order chi connectivity index (χ0) is 16.9. The Morgan fingerprint density at radius 3 is 2.14 bits per heavy atom. The van der Waals surface area contributed by atoms with Gasteiger partial charge in [0.05, 0.1) is 0 Å². The number of aryl methyl sites for hydroxylation is 1. The zero-order valence-electron chi connectivity index (χ0n) is 13.2. The van der Waals surface area contributed by atoms with Crippen LogP contribution in [0.15, 0.2) is 24.3 Å². The molecule has 120 valence electrons. The summed E-state index contributed by atoms with van der Waals surface area (Å²) < 4.78 is 0. The largest absolute Gasteiger partial charge is 0.480 e. The zero-order valence-corrected chi connectivity index (χ0v) is 13.2. The molecule has 0 heterocycles. The van der Waals surface area contributed by atoms with Gasteiger partial charge in [-0.15, -0.1) is 0 Å². The van der Waals surface area contributed by atoms with Crippen molar-refractivity contribution in [3.8, 4) is 0 Å². The van der Waals surface area contributed by atoms with Crippen molar-refractivity contribution in [3.05, 3.63) is 35.4 Å². The van der Waals surface area contributed by atoms with Crippen molar-refractivity contribution < 1.29 is 19.5 Å². The van der Waals surface area contributed by atoms with Crippen molar-refractivity contribution in [2.45, 2.75) is 39.8 Å². The molecule has 1 aromatic rings. The third-order valence-electron chi connectivity index (χ3n) is 3.35. The van der Waals surface area contributed by atoms with E-state index in [9.17, 15) is 14.4 Å². The molecule has 22 heavy (non-hydrogen) atoms. The number of rotatable bonds is 6. The van der Waals surface area contributed by atoms with Gasteiger partial charge in [0, 0.05) is 5.56 Å². The van der Waals surface area contributed by atoms with Gasteiger partial charge in [-0.05, 0) is 31.4 Å². The lowest BCUT2D eigenvalue weighted by atomic mass is 10.0. The van der Waals surface area contributed by atoms with Crippen molar-refractivity contribution in [1.29, 1.82) is 0 Å². The number of aliphatic carboxylic acids is 1. The minimum absolute atomic E-state index is 0.172. The molecular weight excluding hydrogens is 284 g/mol. The highest BCUT2D eigenvalue weighted by molar-refractivity contribution is 5.99. The molecule has 0 aliphatic heterocycles. The summed E-state index contributed by atoms with van der Waals surface area (Å²) in [4.78, 5) is 35.3. The lowest BCUT2D eigenvalue weighted by molar-refractivity contribution is -0.141. The van der Waals surface area contributed by atoms with Crippen LogP contribution in [0.25, 0.3) is 0 Å². The smallest absolute Gasteiger partial charge is 0.325 e. The second-order valence-electron chi connectivity index (χ2n) is 5.58. The van der Waals surface area contributed by atoms with Crippen molar-refractivity contribution in [2.75, 3.05) is 0 Å². The predicted molar refractivity (Wildman–Crippen MR) is 82.5 cm³/mol. The monoisotopic (exact) mass is 306 g/mol. The molecule has 0 aromatic heterocycles. The molecule has 1 unspecified atom stereocenters. The van der Waals surface area contributed by atoms with Crippen LogP contribution in [0.2, 0.25) is 0 Å². The number of benzene rings is 1. The fourth-order valence-corrected chi connectivity index (χ4v) is 1.95. The Morgan fingerprint density at radius 1 is 1.05 bits per heavy atom. The van der Waals surface area contributed by atoms with Gasteiger partial charge < -0.3 is 15.7 Å². The van der Waals surface area contributed by atoms with E-state index in [0.29, 0.717) is 5.56 Å². The number of hydrogen-bond donors (Lipinski definition) is 3. The summed E-state index contributed by atoms with van der Waals surface area (Å²) in [6.07, 6.45) is 0. The lowest BCUT2D eigenvalue weighted by Gasteiger charge is -2.23. The minimum atomic E-state index is -1.12. The van der Waals surface area contributed by atoms with Gasteiger partial charge >= 0.3 is 5.97 Å². The summed E-state index contributed by atoms with van der Waals surface area (Å²) >= 11 is 0. The molecule has 6 heteroatoms. The van der Waals surface area contributed by atoms with Crippen LogP contribution in [0.5, 0.6) is 0 Å². The molecule has 0 aliphatic carbocycles. The normalized spacial score (nSPS) is 13.3. The first-order chi connectivity index (χ1) is 10.2. The highest BCUT2D eigenvalue weighted by Gasteiger charge is 2.27. The van der Waals surface area contributed by atoms with Crippen molar-refractivity contribution in [1.82, 2.24) is 10.6 Å². The van der Waals surface area contributed by atoms with Crippen LogP contribution < -0.4 is 10.6 Å². The highest BCUT2D eigenvalue weighted by Crippen LogP contribution is 2.09. The Morgan fingerprint density at radius 2 is 1.64 bits per heavy atom. The first-order valence-corrected chi connectivity index (χ1v) is 7.13. The number of carboxylic acids is 1. The summed E-state index contributed by atoms with van der Waals surface area (Å²) in [5.74, 6) is -2.16. The topological polar surface area (TPSA) is 95.5 Å². The first kappa shape index (κ1) is 17.7. The quantitative estimate of drug-likeness (QED) is 0.739. The number of nitrogens with one attached hydrogen (secondary N) is 2. The van der Waals surface area contributed by atoms with Crippen molar-refractivity contribution in [3.63, 3.8) is 0 Å². The molecule has 0 saturated heterocycles. The molecule has 0 fully saturated rings. The predicted octanol–water partition coefficient (Wildman–Crippen LogP) is 1.34. The van der Waals surface area contributed by atoms with Crippen LogP contribution in [-0.2, 0) is 9.59 Å². The summed E-state index contributed by atoms with van der Waals surface area (Å²) in [7, 11) is 0. The molecular formula is C16H22N2O4. The maximum absolute atomic E-state index is 12.3. The van der Waals surface area contributed by atoms with Gasteiger partial charge in [0.15, 0.2) is 0 Å². The second-order valence-corrected chi connectivity index (χ2v) is 5.58. The van der Waals surface area contributed by atoms with Gasteiger partial charge in [0.1, 0.15) is 12.1 Å². The molecule has 2 amide bonds. The number of hydrogen-bond acceptors (Lipinski definition) is 3. The maximum Gasteiger partial charge on any atom is 0.325 e. The molecule has 0 radical (unpaired) electrons. The van der Waals surface area contributed by atoms with Gasteiger partial charge in [0.25, 0.3) is 5.91 Å². The third-order valence-corrected chi connectivity index (χ3v) is 3.35. The van der Waals surface area contributed by atoms with Gasteiger partial charge in [0.2, 0.25) is 5.91 Å². The summed E-state index contributed by atoms with van der Waals surface area (Å²) in [6, 6.07) is 5.26. The molecule has 0 saturated carbocycles. The number of carbonyl (C=O) groups is 3. The van der Waals surface area contributed by atoms with E-state index in [2.05, 4.69) is 10.6 Å². The van der Waals surface area contributed by atoms with Gasteiger partial charge in [-0.25, -0.2) is 0 Å². The van der Waals surface area contributed by atoms with E-state index < -0.39 is 24.0 Å². The van der Waals surface area contributed by atoms with E-state index in [1.807, 2.05) is 19.1 Å². The summed E-state index contributed by atoms with van der Waals surface area (Å²) in [6.45, 7) is 6.76. The minimum Gasteiger partial charge on any atom is -0.480 e. The summed E-state index contributed by atoms with van der Waals surface area (Å²) in [5, 5.41) is 13.9. The van der Waals surface area contributed by atoms with E-state index in [4.69, 9.17) is 5.11 Å². The first-order valence-electron chi connectivity index (χ1n) is 7.13. The van der Waals surface area contributed by atoms with Crippen LogP contribution in [0, 0.1) is 12.8 Å². The van der Waals surface area contributed by atoms with Gasteiger partial charge in [-0.1, -0.05) is 32.0 Å². The number of carbonyl (C=O) groups excluding carboxylic acids is 2. The van der Waals surface area contributed by atoms with Crippen molar-refractivity contribution >= 4 is 17.8 Å². The fourth-order valence-electron chi connectivity index (χ4n) is 1.95. The van der Waals surface area contributed by atoms with E-state index in [-0.39, 0.29) is 11.8 Å².